The molecule has 104 valence electrons. The highest BCUT2D eigenvalue weighted by atomic mass is 16.6. The molecule has 0 heterocycles. The van der Waals surface area contributed by atoms with E-state index in [4.69, 9.17) is 0 Å². The minimum Gasteiger partial charge on any atom is -0.396 e. The molecule has 2 aliphatic rings. The zero-order chi connectivity index (χ0) is 13.0. The summed E-state index contributed by atoms with van der Waals surface area (Å²) in [6.45, 7) is 0.139. The summed E-state index contributed by atoms with van der Waals surface area (Å²) in [4.78, 5) is 11.1. The molecule has 2 fully saturated rings. The van der Waals surface area contributed by atoms with Crippen molar-refractivity contribution in [2.75, 3.05) is 6.61 Å². The number of nitrogens with zero attached hydrogens (tertiary/aromatic N) is 1. The summed E-state index contributed by atoms with van der Waals surface area (Å²) in [7, 11) is 0. The van der Waals surface area contributed by atoms with Crippen molar-refractivity contribution >= 4 is 0 Å². The predicted molar refractivity (Wildman–Crippen MR) is 69.9 cm³/mol. The van der Waals surface area contributed by atoms with Gasteiger partial charge >= 0.3 is 0 Å². The van der Waals surface area contributed by atoms with Crippen molar-refractivity contribution < 1.29 is 10.0 Å². The van der Waals surface area contributed by atoms with E-state index in [-0.39, 0.29) is 23.4 Å². The third-order valence-electron chi connectivity index (χ3n) is 5.07. The van der Waals surface area contributed by atoms with E-state index < -0.39 is 6.04 Å². The van der Waals surface area contributed by atoms with Crippen LogP contribution in [0.1, 0.15) is 57.8 Å². The number of hydrogen-bond acceptors (Lipinski definition) is 3. The summed E-state index contributed by atoms with van der Waals surface area (Å²) in [5, 5.41) is 20.9. The van der Waals surface area contributed by atoms with E-state index in [1.54, 1.807) is 0 Å². The highest BCUT2D eigenvalue weighted by Gasteiger charge is 2.41. The number of rotatable bonds is 4. The molecule has 0 aromatic carbocycles. The summed E-state index contributed by atoms with van der Waals surface area (Å²) in [6, 6.07) is -0.405. The lowest BCUT2D eigenvalue weighted by Crippen LogP contribution is -2.41. The molecule has 2 rings (SSSR count). The third kappa shape index (κ3) is 3.02. The molecule has 2 saturated carbocycles. The van der Waals surface area contributed by atoms with E-state index in [2.05, 4.69) is 0 Å². The van der Waals surface area contributed by atoms with Gasteiger partial charge in [0.05, 0.1) is 0 Å². The number of aliphatic hydroxyl groups is 1. The van der Waals surface area contributed by atoms with E-state index in [0.29, 0.717) is 12.3 Å². The van der Waals surface area contributed by atoms with Crippen molar-refractivity contribution in [3.8, 4) is 0 Å². The van der Waals surface area contributed by atoms with Crippen LogP contribution in [0.3, 0.4) is 0 Å². The van der Waals surface area contributed by atoms with Crippen LogP contribution in [-0.2, 0) is 0 Å². The molecule has 0 aliphatic heterocycles. The van der Waals surface area contributed by atoms with Gasteiger partial charge in [-0.15, -0.1) is 0 Å². The smallest absolute Gasteiger partial charge is 0.216 e. The van der Waals surface area contributed by atoms with Crippen LogP contribution in [0.25, 0.3) is 0 Å². The Morgan fingerprint density at radius 1 is 1.06 bits per heavy atom. The lowest BCUT2D eigenvalue weighted by atomic mass is 9.68. The van der Waals surface area contributed by atoms with Gasteiger partial charge in [-0.25, -0.2) is 0 Å². The second kappa shape index (κ2) is 6.50. The molecular weight excluding hydrogens is 230 g/mol. The molecule has 0 amide bonds. The van der Waals surface area contributed by atoms with Crippen LogP contribution in [0.2, 0.25) is 0 Å². The van der Waals surface area contributed by atoms with Crippen molar-refractivity contribution in [3.63, 3.8) is 0 Å². The monoisotopic (exact) mass is 255 g/mol. The molecule has 18 heavy (non-hydrogen) atoms. The minimum absolute atomic E-state index is 0.0880. The largest absolute Gasteiger partial charge is 0.396 e. The summed E-state index contributed by atoms with van der Waals surface area (Å²) < 4.78 is 0. The second-order valence-corrected chi connectivity index (χ2v) is 6.05. The Hall–Kier alpha value is -0.640. The first-order valence-corrected chi connectivity index (χ1v) is 7.48. The molecule has 1 N–H and O–H groups in total. The fraction of sp³-hybridized carbons (Fsp3) is 1.00. The van der Waals surface area contributed by atoms with Crippen molar-refractivity contribution in [2.24, 2.45) is 17.8 Å². The first-order valence-electron chi connectivity index (χ1n) is 7.48. The van der Waals surface area contributed by atoms with Gasteiger partial charge in [0, 0.05) is 23.9 Å². The Bertz CT molecular complexity index is 276. The van der Waals surface area contributed by atoms with E-state index >= 15 is 0 Å². The zero-order valence-corrected chi connectivity index (χ0v) is 11.1. The first kappa shape index (κ1) is 13.8. The molecule has 2 aliphatic carbocycles. The Morgan fingerprint density at radius 2 is 1.67 bits per heavy atom. The van der Waals surface area contributed by atoms with Crippen molar-refractivity contribution in [2.45, 2.75) is 63.8 Å². The van der Waals surface area contributed by atoms with Crippen molar-refractivity contribution in [3.05, 3.63) is 10.1 Å². The van der Waals surface area contributed by atoms with Gasteiger partial charge in [0.25, 0.3) is 0 Å². The van der Waals surface area contributed by atoms with Crippen LogP contribution in [0, 0.1) is 27.9 Å². The van der Waals surface area contributed by atoms with Crippen LogP contribution in [0.4, 0.5) is 0 Å². The van der Waals surface area contributed by atoms with Crippen molar-refractivity contribution in [1.29, 1.82) is 0 Å². The molecule has 0 radical (unpaired) electrons. The van der Waals surface area contributed by atoms with Crippen LogP contribution in [0.5, 0.6) is 0 Å². The van der Waals surface area contributed by atoms with Crippen LogP contribution in [0.15, 0.2) is 0 Å². The standard InChI is InChI=1S/C14H25NO3/c16-10-13(11-6-2-1-3-7-11)12-8-4-5-9-14(12)15(17)18/h11-14,16H,1-10H2/t12-,13-,14-/m0/s1. The normalized spacial score (nSPS) is 32.1. The van der Waals surface area contributed by atoms with Gasteiger partial charge in [-0.2, -0.15) is 0 Å². The molecule has 4 heteroatoms. The highest BCUT2D eigenvalue weighted by Crippen LogP contribution is 2.40. The topological polar surface area (TPSA) is 63.4 Å². The van der Waals surface area contributed by atoms with Gasteiger partial charge in [-0.1, -0.05) is 38.5 Å². The molecule has 0 aromatic heterocycles. The summed E-state index contributed by atoms with van der Waals surface area (Å²) >= 11 is 0. The summed E-state index contributed by atoms with van der Waals surface area (Å²) in [5.41, 5.74) is 0. The summed E-state index contributed by atoms with van der Waals surface area (Å²) in [6.07, 6.45) is 9.79. The van der Waals surface area contributed by atoms with Gasteiger partial charge in [-0.3, -0.25) is 10.1 Å². The molecule has 0 saturated heterocycles. The maximum atomic E-state index is 11.2. The van der Waals surface area contributed by atoms with Crippen LogP contribution in [-0.4, -0.2) is 22.7 Å². The number of hydrogen-bond donors (Lipinski definition) is 1. The fourth-order valence-electron chi connectivity index (χ4n) is 4.10. The number of nitro groups is 1. The Balaban J connectivity index is 2.06. The fourth-order valence-corrected chi connectivity index (χ4v) is 4.10. The molecule has 0 bridgehead atoms. The average Bonchev–Trinajstić information content (AvgIpc) is 2.41. The molecule has 0 aromatic rings. The maximum Gasteiger partial charge on any atom is 0.216 e. The molecule has 0 unspecified atom stereocenters. The number of aliphatic hydroxyl groups excluding tert-OH is 1. The van der Waals surface area contributed by atoms with Crippen LogP contribution >= 0.6 is 0 Å². The third-order valence-corrected chi connectivity index (χ3v) is 5.07. The first-order chi connectivity index (χ1) is 8.74. The van der Waals surface area contributed by atoms with E-state index in [9.17, 15) is 15.2 Å². The summed E-state index contributed by atoms with van der Waals surface area (Å²) in [5.74, 6) is 0.803. The van der Waals surface area contributed by atoms with Gasteiger partial charge in [0.2, 0.25) is 6.04 Å². The van der Waals surface area contributed by atoms with E-state index in [0.717, 1.165) is 32.1 Å². The highest BCUT2D eigenvalue weighted by molar-refractivity contribution is 4.85. The predicted octanol–water partition coefficient (Wildman–Crippen LogP) is 3.01. The van der Waals surface area contributed by atoms with Gasteiger partial charge in [-0.05, 0) is 24.7 Å². The second-order valence-electron chi connectivity index (χ2n) is 6.05. The minimum atomic E-state index is -0.405. The van der Waals surface area contributed by atoms with E-state index in [1.165, 1.54) is 19.3 Å². The SMILES string of the molecule is O=[N+]([O-])[C@H]1CCCC[C@H]1[C@@H](CO)C1CCCCC1. The molecule has 4 nitrogen and oxygen atoms in total. The Labute approximate surface area is 109 Å². The molecular formula is C14H25NO3. The molecule has 0 spiro atoms. The van der Waals surface area contributed by atoms with Crippen molar-refractivity contribution in [1.82, 2.24) is 0 Å². The van der Waals surface area contributed by atoms with Gasteiger partial charge in [0.1, 0.15) is 0 Å². The quantitative estimate of drug-likeness (QED) is 0.620. The zero-order valence-electron chi connectivity index (χ0n) is 11.1. The van der Waals surface area contributed by atoms with E-state index in [1.807, 2.05) is 0 Å². The lowest BCUT2D eigenvalue weighted by Gasteiger charge is -2.37. The average molecular weight is 255 g/mol. The lowest BCUT2D eigenvalue weighted by molar-refractivity contribution is -0.538. The van der Waals surface area contributed by atoms with Crippen LogP contribution < -0.4 is 0 Å². The van der Waals surface area contributed by atoms with Gasteiger partial charge < -0.3 is 5.11 Å². The Kier molecular flexibility index (Phi) is 4.98. The Morgan fingerprint density at radius 3 is 2.28 bits per heavy atom. The van der Waals surface area contributed by atoms with Gasteiger partial charge in [0.15, 0.2) is 0 Å². The molecule has 3 atom stereocenters. The maximum absolute atomic E-state index is 11.2.